The average molecular weight is 237 g/mol. The highest BCUT2D eigenvalue weighted by atomic mass is 19.1. The Morgan fingerprint density at radius 3 is 3.06 bits per heavy atom. The van der Waals surface area contributed by atoms with Crippen LogP contribution in [0.25, 0.3) is 0 Å². The number of nitrogens with one attached hydrogen (secondary N) is 1. The van der Waals surface area contributed by atoms with Gasteiger partial charge in [-0.1, -0.05) is 17.3 Å². The molecule has 0 saturated carbocycles. The van der Waals surface area contributed by atoms with Gasteiger partial charge in [-0.2, -0.15) is 4.98 Å². The molecule has 2 rings (SSSR count). The first-order chi connectivity index (χ1) is 8.31. The first-order valence-corrected chi connectivity index (χ1v) is 5.11. The van der Waals surface area contributed by atoms with E-state index in [0.717, 1.165) is 5.56 Å². The summed E-state index contributed by atoms with van der Waals surface area (Å²) in [6.07, 6.45) is 1.20. The van der Waals surface area contributed by atoms with Gasteiger partial charge in [-0.3, -0.25) is 0 Å². The average Bonchev–Trinajstić information content (AvgIpc) is 2.82. The van der Waals surface area contributed by atoms with E-state index >= 15 is 0 Å². The summed E-state index contributed by atoms with van der Waals surface area (Å²) in [7, 11) is 1.79. The molecule has 0 fully saturated rings. The lowest BCUT2D eigenvalue weighted by Gasteiger charge is -2.10. The zero-order valence-electron chi connectivity index (χ0n) is 9.31. The van der Waals surface area contributed by atoms with Crippen LogP contribution < -0.4 is 10.1 Å². The van der Waals surface area contributed by atoms with Gasteiger partial charge in [0.2, 0.25) is 12.2 Å². The number of aromatic nitrogens is 2. The third kappa shape index (κ3) is 2.79. The van der Waals surface area contributed by atoms with E-state index in [1.807, 2.05) is 0 Å². The van der Waals surface area contributed by atoms with E-state index in [9.17, 15) is 4.39 Å². The third-order valence-corrected chi connectivity index (χ3v) is 2.17. The molecule has 0 bridgehead atoms. The van der Waals surface area contributed by atoms with Crippen molar-refractivity contribution in [3.63, 3.8) is 0 Å². The fraction of sp³-hybridized carbons (Fsp3) is 0.273. The molecular formula is C11H12FN3O2. The minimum Gasteiger partial charge on any atom is -0.482 e. The summed E-state index contributed by atoms with van der Waals surface area (Å²) >= 11 is 0. The summed E-state index contributed by atoms with van der Waals surface area (Å²) in [5.74, 6) is 0.191. The van der Waals surface area contributed by atoms with Crippen LogP contribution in [0.4, 0.5) is 4.39 Å². The topological polar surface area (TPSA) is 60.2 Å². The number of hydrogen-bond donors (Lipinski definition) is 1. The van der Waals surface area contributed by atoms with Gasteiger partial charge < -0.3 is 14.6 Å². The fourth-order valence-electron chi connectivity index (χ4n) is 1.44. The maximum absolute atomic E-state index is 13.6. The SMILES string of the molecule is CNCc1cccc(F)c1OCc1ncon1. The molecule has 0 aliphatic heterocycles. The van der Waals surface area contributed by atoms with Crippen LogP contribution in [0.15, 0.2) is 29.1 Å². The molecular weight excluding hydrogens is 225 g/mol. The van der Waals surface area contributed by atoms with Crippen LogP contribution in [-0.4, -0.2) is 17.2 Å². The van der Waals surface area contributed by atoms with Crippen molar-refractivity contribution in [3.05, 3.63) is 41.8 Å². The number of para-hydroxylation sites is 1. The van der Waals surface area contributed by atoms with Crippen molar-refractivity contribution >= 4 is 0 Å². The summed E-state index contributed by atoms with van der Waals surface area (Å²) in [6.45, 7) is 0.605. The quantitative estimate of drug-likeness (QED) is 0.854. The van der Waals surface area contributed by atoms with Gasteiger partial charge in [0.15, 0.2) is 18.2 Å². The van der Waals surface area contributed by atoms with Crippen molar-refractivity contribution in [3.8, 4) is 5.75 Å². The molecule has 1 N–H and O–H groups in total. The number of halogens is 1. The van der Waals surface area contributed by atoms with Crippen molar-refractivity contribution < 1.29 is 13.7 Å². The Bertz CT molecular complexity index is 474. The van der Waals surface area contributed by atoms with Gasteiger partial charge in [0.25, 0.3) is 0 Å². The second kappa shape index (κ2) is 5.40. The zero-order valence-corrected chi connectivity index (χ0v) is 9.31. The molecule has 0 aliphatic rings. The maximum Gasteiger partial charge on any atom is 0.213 e. The minimum absolute atomic E-state index is 0.0775. The molecule has 0 atom stereocenters. The zero-order chi connectivity index (χ0) is 12.1. The van der Waals surface area contributed by atoms with Crippen LogP contribution in [0.5, 0.6) is 5.75 Å². The fourth-order valence-corrected chi connectivity index (χ4v) is 1.44. The molecule has 5 nitrogen and oxygen atoms in total. The van der Waals surface area contributed by atoms with Crippen LogP contribution in [0, 0.1) is 5.82 Å². The molecule has 0 unspecified atom stereocenters. The lowest BCUT2D eigenvalue weighted by Crippen LogP contribution is -2.09. The Morgan fingerprint density at radius 2 is 2.35 bits per heavy atom. The molecule has 1 heterocycles. The highest BCUT2D eigenvalue weighted by Crippen LogP contribution is 2.23. The maximum atomic E-state index is 13.6. The second-order valence-electron chi connectivity index (χ2n) is 3.39. The molecule has 0 amide bonds. The first kappa shape index (κ1) is 11.5. The van der Waals surface area contributed by atoms with Gasteiger partial charge in [-0.05, 0) is 13.1 Å². The molecule has 0 radical (unpaired) electrons. The van der Waals surface area contributed by atoms with Gasteiger partial charge in [0, 0.05) is 12.1 Å². The lowest BCUT2D eigenvalue weighted by molar-refractivity contribution is 0.270. The summed E-state index contributed by atoms with van der Waals surface area (Å²) in [5, 5.41) is 6.54. The standard InChI is InChI=1S/C11H12FN3O2/c1-13-5-8-3-2-4-9(12)11(8)16-6-10-14-7-17-15-10/h2-4,7,13H,5-6H2,1H3. The molecule has 2 aromatic rings. The van der Waals surface area contributed by atoms with E-state index in [1.54, 1.807) is 19.2 Å². The summed E-state index contributed by atoms with van der Waals surface area (Å²) in [4.78, 5) is 3.80. The third-order valence-electron chi connectivity index (χ3n) is 2.17. The Balaban J connectivity index is 2.13. The largest absolute Gasteiger partial charge is 0.482 e. The molecule has 90 valence electrons. The van der Waals surface area contributed by atoms with E-state index in [0.29, 0.717) is 12.4 Å². The number of benzene rings is 1. The monoisotopic (exact) mass is 237 g/mol. The predicted octanol–water partition coefficient (Wildman–Crippen LogP) is 1.51. The van der Waals surface area contributed by atoms with Gasteiger partial charge in [0.05, 0.1) is 0 Å². The van der Waals surface area contributed by atoms with E-state index in [2.05, 4.69) is 20.0 Å². The molecule has 0 aliphatic carbocycles. The van der Waals surface area contributed by atoms with Crippen molar-refractivity contribution in [1.29, 1.82) is 0 Å². The number of hydrogen-bond acceptors (Lipinski definition) is 5. The lowest BCUT2D eigenvalue weighted by atomic mass is 10.2. The highest BCUT2D eigenvalue weighted by molar-refractivity contribution is 5.34. The van der Waals surface area contributed by atoms with E-state index < -0.39 is 5.82 Å². The molecule has 6 heteroatoms. The van der Waals surface area contributed by atoms with Crippen molar-refractivity contribution in [2.45, 2.75) is 13.2 Å². The number of nitrogens with zero attached hydrogens (tertiary/aromatic N) is 2. The Labute approximate surface area is 97.6 Å². The van der Waals surface area contributed by atoms with Crippen LogP contribution in [0.3, 0.4) is 0 Å². The van der Waals surface area contributed by atoms with E-state index in [1.165, 1.54) is 12.5 Å². The minimum atomic E-state index is -0.402. The predicted molar refractivity (Wildman–Crippen MR) is 57.8 cm³/mol. The van der Waals surface area contributed by atoms with Gasteiger partial charge in [-0.15, -0.1) is 0 Å². The number of ether oxygens (including phenoxy) is 1. The highest BCUT2D eigenvalue weighted by Gasteiger charge is 2.10. The van der Waals surface area contributed by atoms with Crippen molar-refractivity contribution in [2.24, 2.45) is 0 Å². The molecule has 17 heavy (non-hydrogen) atoms. The molecule has 1 aromatic carbocycles. The van der Waals surface area contributed by atoms with Gasteiger partial charge in [-0.25, -0.2) is 4.39 Å². The Morgan fingerprint density at radius 1 is 1.47 bits per heavy atom. The normalized spacial score (nSPS) is 10.5. The Hall–Kier alpha value is -1.95. The smallest absolute Gasteiger partial charge is 0.213 e. The van der Waals surface area contributed by atoms with Crippen molar-refractivity contribution in [1.82, 2.24) is 15.5 Å². The van der Waals surface area contributed by atoms with Gasteiger partial charge >= 0.3 is 0 Å². The summed E-state index contributed by atoms with van der Waals surface area (Å²) in [5.41, 5.74) is 0.746. The molecule has 1 aromatic heterocycles. The summed E-state index contributed by atoms with van der Waals surface area (Å²) < 4.78 is 23.5. The van der Waals surface area contributed by atoms with Crippen LogP contribution in [0.1, 0.15) is 11.4 Å². The van der Waals surface area contributed by atoms with Gasteiger partial charge in [0.1, 0.15) is 0 Å². The molecule has 0 saturated heterocycles. The van der Waals surface area contributed by atoms with Crippen LogP contribution in [0.2, 0.25) is 0 Å². The van der Waals surface area contributed by atoms with Crippen molar-refractivity contribution in [2.75, 3.05) is 7.05 Å². The first-order valence-electron chi connectivity index (χ1n) is 5.11. The van der Waals surface area contributed by atoms with E-state index in [-0.39, 0.29) is 12.4 Å². The summed E-state index contributed by atoms with van der Waals surface area (Å²) in [6, 6.07) is 4.79. The molecule has 0 spiro atoms. The second-order valence-corrected chi connectivity index (χ2v) is 3.39. The van der Waals surface area contributed by atoms with E-state index in [4.69, 9.17) is 4.74 Å². The Kier molecular flexibility index (Phi) is 3.66. The van der Waals surface area contributed by atoms with Crippen LogP contribution >= 0.6 is 0 Å². The van der Waals surface area contributed by atoms with Crippen LogP contribution in [-0.2, 0) is 13.2 Å². The number of rotatable bonds is 5.